The lowest BCUT2D eigenvalue weighted by molar-refractivity contribution is -0.224. The summed E-state index contributed by atoms with van der Waals surface area (Å²) in [5, 5.41) is 26.0. The maximum absolute atomic E-state index is 18.7. The van der Waals surface area contributed by atoms with E-state index >= 15 is 4.39 Å². The van der Waals surface area contributed by atoms with Gasteiger partial charge in [0.25, 0.3) is 0 Å². The van der Waals surface area contributed by atoms with E-state index in [4.69, 9.17) is 25.4 Å². The van der Waals surface area contributed by atoms with Crippen LogP contribution in [-0.4, -0.2) is 72.6 Å². The molecule has 13 nitrogen and oxygen atoms in total. The molecule has 14 heteroatoms. The molecule has 1 saturated heterocycles. The van der Waals surface area contributed by atoms with Crippen molar-refractivity contribution >= 4 is 29.0 Å². The molecule has 5 aromatic rings. The van der Waals surface area contributed by atoms with E-state index in [0.717, 1.165) is 19.2 Å². The Hall–Kier alpha value is -5.88. The maximum atomic E-state index is 18.7. The first-order valence-electron chi connectivity index (χ1n) is 19.6. The topological polar surface area (TPSA) is 167 Å². The first kappa shape index (κ1) is 42.7. The Morgan fingerprint density at radius 1 is 0.966 bits per heavy atom. The minimum absolute atomic E-state index is 0.00428. The number of aliphatic carboxylic acids is 1. The summed E-state index contributed by atoms with van der Waals surface area (Å²) in [6, 6.07) is 25.6. The summed E-state index contributed by atoms with van der Waals surface area (Å²) in [5.41, 5.74) is -2.99. The van der Waals surface area contributed by atoms with Crippen molar-refractivity contribution in [3.05, 3.63) is 114 Å². The number of terminal acetylenes is 1. The molecule has 6 rings (SSSR count). The van der Waals surface area contributed by atoms with Crippen molar-refractivity contribution in [1.82, 2.24) is 19.5 Å². The van der Waals surface area contributed by atoms with Crippen LogP contribution in [0, 0.1) is 24.2 Å². The van der Waals surface area contributed by atoms with Gasteiger partial charge in [-0.2, -0.15) is 0 Å². The summed E-state index contributed by atoms with van der Waals surface area (Å²) in [5.74, 6) is -4.91. The molecule has 3 heterocycles. The van der Waals surface area contributed by atoms with Crippen LogP contribution in [0.3, 0.4) is 0 Å². The fraction of sp³-hybridized carbons (Fsp3) is 0.400. The Bertz CT molecular complexity index is 2220. The molecule has 5 atom stereocenters. The molecule has 0 aliphatic carbocycles. The smallest absolute Gasteiger partial charge is 0.413 e. The van der Waals surface area contributed by atoms with Gasteiger partial charge in [0.05, 0.1) is 25.3 Å². The van der Waals surface area contributed by atoms with E-state index in [1.807, 2.05) is 79.7 Å². The maximum Gasteiger partial charge on any atom is 0.413 e. The summed E-state index contributed by atoms with van der Waals surface area (Å²) in [6.07, 6.45) is 8.71. The highest BCUT2D eigenvalue weighted by Crippen LogP contribution is 2.55. The highest BCUT2D eigenvalue weighted by atomic mass is 19.2. The van der Waals surface area contributed by atoms with Gasteiger partial charge >= 0.3 is 12.1 Å². The number of amides is 1. The number of aliphatic hydroxyl groups is 1. The van der Waals surface area contributed by atoms with Crippen LogP contribution in [0.1, 0.15) is 82.7 Å². The fourth-order valence-corrected chi connectivity index (χ4v) is 7.86. The van der Waals surface area contributed by atoms with Gasteiger partial charge in [0.15, 0.2) is 28.8 Å². The van der Waals surface area contributed by atoms with Crippen molar-refractivity contribution in [2.45, 2.75) is 88.7 Å². The zero-order valence-electron chi connectivity index (χ0n) is 33.8. The van der Waals surface area contributed by atoms with Gasteiger partial charge in [0.2, 0.25) is 5.85 Å². The van der Waals surface area contributed by atoms with Gasteiger partial charge < -0.3 is 29.2 Å². The van der Waals surface area contributed by atoms with Crippen LogP contribution >= 0.6 is 0 Å². The van der Waals surface area contributed by atoms with Crippen molar-refractivity contribution in [3.8, 4) is 18.1 Å². The van der Waals surface area contributed by atoms with Crippen molar-refractivity contribution in [3.63, 3.8) is 0 Å². The van der Waals surface area contributed by atoms with Crippen LogP contribution < -0.4 is 10.1 Å². The number of carbonyl (C=O) groups is 2. The van der Waals surface area contributed by atoms with E-state index in [1.54, 1.807) is 40.0 Å². The number of benzene rings is 3. The Morgan fingerprint density at radius 2 is 1.59 bits per heavy atom. The number of hydrogen-bond acceptors (Lipinski definition) is 10. The first-order valence-corrected chi connectivity index (χ1v) is 19.6. The molecule has 1 amide bonds. The molecule has 0 bridgehead atoms. The quantitative estimate of drug-likeness (QED) is 0.0502. The SMILES string of the molecule is C#C[C@]1(O)[C@H]([C@H](CCCCCC)C(=O)O)C(F)(COC(c2ccccc2)(c2ccccc2)c2ccc(OC)cc2)O[C@H]1n1cnc2c(NC(=O)OC(C)(C)C)ncnc21. The van der Waals surface area contributed by atoms with E-state index in [-0.39, 0.29) is 23.4 Å². The summed E-state index contributed by atoms with van der Waals surface area (Å²) < 4.78 is 43.9. The van der Waals surface area contributed by atoms with Gasteiger partial charge in [0.1, 0.15) is 29.9 Å². The number of imidazole rings is 1. The number of ether oxygens (including phenoxy) is 4. The third-order valence-electron chi connectivity index (χ3n) is 10.5. The highest BCUT2D eigenvalue weighted by Gasteiger charge is 2.69. The second-order valence-electron chi connectivity index (χ2n) is 15.6. The Kier molecular flexibility index (Phi) is 12.7. The number of unbranched alkanes of at least 4 members (excludes halogenated alkanes) is 3. The van der Waals surface area contributed by atoms with E-state index in [2.05, 4.69) is 26.2 Å². The zero-order valence-corrected chi connectivity index (χ0v) is 33.8. The molecule has 0 spiro atoms. The Labute approximate surface area is 342 Å². The third kappa shape index (κ3) is 8.64. The molecule has 3 aromatic carbocycles. The standard InChI is InChI=1S/C45H50FN5O8/c1-7-9-10-17-22-34(39(52)53)36-43(55,8-2)40(51-29-49-35-37(47-28-48-38(35)51)50-41(54)59-42(3,4)5)58-44(36,46)27-57-45(30-18-13-11-14-19-30,31-20-15-12-16-21-31)32-23-25-33(56-6)26-24-32/h2,11-16,18-21,23-26,28-29,34,36,40,55H,7,9-10,17,22,27H2,1,3-6H3,(H,52,53)(H,47,48,50,54)/t34-,36-,40+,43-,44?/m0/s1. The van der Waals surface area contributed by atoms with Gasteiger partial charge in [-0.25, -0.2) is 24.1 Å². The second-order valence-corrected chi connectivity index (χ2v) is 15.6. The largest absolute Gasteiger partial charge is 0.497 e. The first-order chi connectivity index (χ1) is 28.2. The molecule has 1 unspecified atom stereocenters. The summed E-state index contributed by atoms with van der Waals surface area (Å²) in [6.45, 7) is 6.24. The summed E-state index contributed by atoms with van der Waals surface area (Å²) in [4.78, 5) is 38.9. The minimum Gasteiger partial charge on any atom is -0.497 e. The predicted octanol–water partition coefficient (Wildman–Crippen LogP) is 8.04. The molecule has 59 heavy (non-hydrogen) atoms. The molecule has 1 aliphatic rings. The predicted molar refractivity (Wildman–Crippen MR) is 218 cm³/mol. The van der Waals surface area contributed by atoms with Gasteiger partial charge in [-0.05, 0) is 56.0 Å². The number of alkyl halides is 1. The van der Waals surface area contributed by atoms with Gasteiger partial charge in [-0.1, -0.05) is 111 Å². The lowest BCUT2D eigenvalue weighted by atomic mass is 9.73. The Morgan fingerprint density at radius 3 is 2.15 bits per heavy atom. The number of nitrogens with one attached hydrogen (secondary N) is 1. The minimum atomic E-state index is -3.04. The van der Waals surface area contributed by atoms with Gasteiger partial charge in [-0.15, -0.1) is 6.42 Å². The van der Waals surface area contributed by atoms with Crippen LogP contribution in [0.2, 0.25) is 0 Å². The number of halogens is 1. The number of aromatic nitrogens is 4. The molecule has 1 aliphatic heterocycles. The molecule has 0 saturated carbocycles. The van der Waals surface area contributed by atoms with E-state index in [1.165, 1.54) is 10.9 Å². The number of methoxy groups -OCH3 is 1. The number of hydrogen-bond donors (Lipinski definition) is 3. The van der Waals surface area contributed by atoms with Crippen LogP contribution in [0.15, 0.2) is 97.6 Å². The molecule has 2 aromatic heterocycles. The summed E-state index contributed by atoms with van der Waals surface area (Å²) >= 11 is 0. The monoisotopic (exact) mass is 807 g/mol. The van der Waals surface area contributed by atoms with Crippen LogP contribution in [0.4, 0.5) is 15.0 Å². The Balaban J connectivity index is 1.50. The van der Waals surface area contributed by atoms with Crippen LogP contribution in [-0.2, 0) is 24.6 Å². The van der Waals surface area contributed by atoms with Crippen molar-refractivity contribution < 1.29 is 43.1 Å². The number of anilines is 1. The lowest BCUT2D eigenvalue weighted by Crippen LogP contribution is -2.52. The van der Waals surface area contributed by atoms with Crippen molar-refractivity contribution in [2.24, 2.45) is 11.8 Å². The average molecular weight is 808 g/mol. The number of nitrogens with zero attached hydrogens (tertiary/aromatic N) is 4. The molecule has 310 valence electrons. The second kappa shape index (κ2) is 17.5. The third-order valence-corrected chi connectivity index (χ3v) is 10.5. The zero-order chi connectivity index (χ0) is 42.4. The molecular formula is C45H50FN5O8. The number of carbonyl (C=O) groups excluding carboxylic acids is 1. The van der Waals surface area contributed by atoms with E-state index in [0.29, 0.717) is 35.3 Å². The van der Waals surface area contributed by atoms with E-state index in [9.17, 15) is 19.8 Å². The highest BCUT2D eigenvalue weighted by molar-refractivity contribution is 5.93. The molecule has 1 fully saturated rings. The van der Waals surface area contributed by atoms with Crippen LogP contribution in [0.25, 0.3) is 11.2 Å². The molecule has 0 radical (unpaired) electrons. The van der Waals surface area contributed by atoms with Crippen molar-refractivity contribution in [1.29, 1.82) is 0 Å². The molecule has 3 N–H and O–H groups in total. The summed E-state index contributed by atoms with van der Waals surface area (Å²) in [7, 11) is 1.55. The van der Waals surface area contributed by atoms with E-state index < -0.39 is 59.4 Å². The number of fused-ring (bicyclic) bond motifs is 1. The normalized spacial score (nSPS) is 21.1. The van der Waals surface area contributed by atoms with Crippen LogP contribution in [0.5, 0.6) is 5.75 Å². The number of rotatable bonds is 16. The molecular weight excluding hydrogens is 758 g/mol. The number of carboxylic acid groups (broad SMARTS) is 1. The van der Waals surface area contributed by atoms with Gasteiger partial charge in [-0.3, -0.25) is 14.7 Å². The van der Waals surface area contributed by atoms with Gasteiger partial charge in [0, 0.05) is 0 Å². The lowest BCUT2D eigenvalue weighted by Gasteiger charge is -2.40. The van der Waals surface area contributed by atoms with Crippen molar-refractivity contribution in [2.75, 3.05) is 19.0 Å². The average Bonchev–Trinajstić information content (AvgIpc) is 3.75. The number of carboxylic acids is 1. The fourth-order valence-electron chi connectivity index (χ4n) is 7.86.